The van der Waals surface area contributed by atoms with Crippen molar-refractivity contribution >= 4 is 5.91 Å². The molecule has 2 fully saturated rings. The van der Waals surface area contributed by atoms with Crippen LogP contribution in [-0.2, 0) is 16.1 Å². The first kappa shape index (κ1) is 15.6. The molecule has 2 aliphatic rings. The lowest BCUT2D eigenvalue weighted by molar-refractivity contribution is -0.138. The molecule has 2 aliphatic heterocycles. The first-order valence-corrected chi connectivity index (χ1v) is 8.18. The van der Waals surface area contributed by atoms with Crippen LogP contribution < -0.4 is 0 Å². The van der Waals surface area contributed by atoms with Gasteiger partial charge in [0, 0.05) is 38.7 Å². The van der Waals surface area contributed by atoms with Gasteiger partial charge in [-0.3, -0.25) is 9.69 Å². The zero-order valence-electron chi connectivity index (χ0n) is 13.8. The van der Waals surface area contributed by atoms with Crippen LogP contribution in [0.15, 0.2) is 10.5 Å². The van der Waals surface area contributed by atoms with Crippen molar-refractivity contribution in [3.63, 3.8) is 0 Å². The standard InChI is InChI=1S/C17H26N2O3/c1-12-10-14(22-13(12)2)11-18-7-6-16-15(18)4-5-17(20)19(16)8-9-21-3/h10,15-16H,4-9,11H2,1-3H3/t15-,16-/m1/s1. The van der Waals surface area contributed by atoms with Crippen LogP contribution in [0.1, 0.15) is 36.3 Å². The molecule has 0 unspecified atom stereocenters. The van der Waals surface area contributed by atoms with Crippen molar-refractivity contribution in [3.8, 4) is 0 Å². The van der Waals surface area contributed by atoms with Gasteiger partial charge in [0.25, 0.3) is 0 Å². The Balaban J connectivity index is 1.68. The molecule has 1 aromatic heterocycles. The van der Waals surface area contributed by atoms with Crippen molar-refractivity contribution < 1.29 is 13.9 Å². The fraction of sp³-hybridized carbons (Fsp3) is 0.706. The van der Waals surface area contributed by atoms with Gasteiger partial charge in [-0.1, -0.05) is 0 Å². The lowest BCUT2D eigenvalue weighted by Gasteiger charge is -2.39. The molecule has 22 heavy (non-hydrogen) atoms. The van der Waals surface area contributed by atoms with E-state index in [0.29, 0.717) is 31.7 Å². The van der Waals surface area contributed by atoms with Gasteiger partial charge >= 0.3 is 0 Å². The van der Waals surface area contributed by atoms with Crippen molar-refractivity contribution in [3.05, 3.63) is 23.2 Å². The van der Waals surface area contributed by atoms with E-state index in [1.54, 1.807) is 7.11 Å². The highest BCUT2D eigenvalue weighted by Gasteiger charge is 2.42. The molecule has 1 aromatic rings. The van der Waals surface area contributed by atoms with E-state index in [9.17, 15) is 4.79 Å². The molecule has 2 atom stereocenters. The minimum atomic E-state index is 0.282. The third-order valence-corrected chi connectivity index (χ3v) is 5.11. The number of amides is 1. The molecule has 0 aromatic carbocycles. The fourth-order valence-electron chi connectivity index (χ4n) is 3.84. The van der Waals surface area contributed by atoms with Gasteiger partial charge in [0.1, 0.15) is 11.5 Å². The molecule has 3 rings (SSSR count). The molecule has 0 bridgehead atoms. The monoisotopic (exact) mass is 306 g/mol. The summed E-state index contributed by atoms with van der Waals surface area (Å²) in [5.74, 6) is 2.33. The fourth-order valence-corrected chi connectivity index (χ4v) is 3.84. The van der Waals surface area contributed by atoms with Gasteiger partial charge in [0.2, 0.25) is 5.91 Å². The zero-order chi connectivity index (χ0) is 15.7. The number of aryl methyl sites for hydroxylation is 2. The second kappa shape index (κ2) is 6.42. The topological polar surface area (TPSA) is 45.9 Å². The molecule has 1 amide bonds. The number of rotatable bonds is 5. The molecule has 0 radical (unpaired) electrons. The van der Waals surface area contributed by atoms with Crippen LogP contribution in [0.5, 0.6) is 0 Å². The smallest absolute Gasteiger partial charge is 0.223 e. The average molecular weight is 306 g/mol. The number of nitrogens with zero attached hydrogens (tertiary/aromatic N) is 2. The second-order valence-electron chi connectivity index (χ2n) is 6.46. The maximum absolute atomic E-state index is 12.2. The third kappa shape index (κ3) is 2.92. The summed E-state index contributed by atoms with van der Waals surface area (Å²) in [5, 5.41) is 0. The van der Waals surface area contributed by atoms with Crippen LogP contribution in [0.4, 0.5) is 0 Å². The summed E-state index contributed by atoms with van der Waals surface area (Å²) in [6.45, 7) is 7.31. The highest BCUT2D eigenvalue weighted by molar-refractivity contribution is 5.77. The summed E-state index contributed by atoms with van der Waals surface area (Å²) in [6.07, 6.45) is 2.67. The van der Waals surface area contributed by atoms with Gasteiger partial charge in [0.15, 0.2) is 0 Å². The molecule has 3 heterocycles. The van der Waals surface area contributed by atoms with Gasteiger partial charge in [-0.2, -0.15) is 0 Å². The minimum Gasteiger partial charge on any atom is -0.465 e. The van der Waals surface area contributed by atoms with E-state index in [-0.39, 0.29) is 5.91 Å². The maximum atomic E-state index is 12.2. The molecule has 0 N–H and O–H groups in total. The van der Waals surface area contributed by atoms with Crippen LogP contribution in [-0.4, -0.2) is 54.6 Å². The summed E-state index contributed by atoms with van der Waals surface area (Å²) >= 11 is 0. The Morgan fingerprint density at radius 3 is 2.82 bits per heavy atom. The normalized spacial score (nSPS) is 25.8. The molecule has 0 spiro atoms. The molecule has 122 valence electrons. The van der Waals surface area contributed by atoms with E-state index in [0.717, 1.165) is 37.5 Å². The van der Waals surface area contributed by atoms with Gasteiger partial charge in [-0.15, -0.1) is 0 Å². The van der Waals surface area contributed by atoms with Crippen LogP contribution in [0.2, 0.25) is 0 Å². The highest BCUT2D eigenvalue weighted by atomic mass is 16.5. The van der Waals surface area contributed by atoms with Crippen LogP contribution in [0.3, 0.4) is 0 Å². The first-order valence-electron chi connectivity index (χ1n) is 8.18. The molecule has 5 nitrogen and oxygen atoms in total. The van der Waals surface area contributed by atoms with Crippen LogP contribution >= 0.6 is 0 Å². The van der Waals surface area contributed by atoms with Crippen molar-refractivity contribution in [2.45, 2.75) is 51.7 Å². The van der Waals surface area contributed by atoms with E-state index in [1.807, 2.05) is 11.8 Å². The number of hydrogen-bond donors (Lipinski definition) is 0. The number of carbonyl (C=O) groups is 1. The number of likely N-dealkylation sites (tertiary alicyclic amines) is 2. The molecule has 2 saturated heterocycles. The number of fused-ring (bicyclic) bond motifs is 1. The molecular formula is C17H26N2O3. The van der Waals surface area contributed by atoms with Crippen LogP contribution in [0.25, 0.3) is 0 Å². The first-order chi connectivity index (χ1) is 10.6. The molecule has 5 heteroatoms. The van der Waals surface area contributed by atoms with E-state index in [4.69, 9.17) is 9.15 Å². The Morgan fingerprint density at radius 1 is 1.32 bits per heavy atom. The Labute approximate surface area is 132 Å². The number of piperidine rings is 1. The SMILES string of the molecule is COCCN1C(=O)CC[C@@H]2[C@H]1CCN2Cc1cc(C)c(C)o1. The van der Waals surface area contributed by atoms with Gasteiger partial charge in [0.05, 0.1) is 13.2 Å². The van der Waals surface area contributed by atoms with Gasteiger partial charge in [-0.25, -0.2) is 0 Å². The van der Waals surface area contributed by atoms with Crippen molar-refractivity contribution in [2.75, 3.05) is 26.8 Å². The Hall–Kier alpha value is -1.33. The molecular weight excluding hydrogens is 280 g/mol. The summed E-state index contributed by atoms with van der Waals surface area (Å²) < 4.78 is 11.0. The number of ether oxygens (including phenoxy) is 1. The average Bonchev–Trinajstić information content (AvgIpc) is 3.02. The second-order valence-corrected chi connectivity index (χ2v) is 6.46. The minimum absolute atomic E-state index is 0.282. The van der Waals surface area contributed by atoms with Gasteiger partial charge < -0.3 is 14.1 Å². The van der Waals surface area contributed by atoms with Crippen molar-refractivity contribution in [1.82, 2.24) is 9.80 Å². The number of furan rings is 1. The quantitative estimate of drug-likeness (QED) is 0.836. The van der Waals surface area contributed by atoms with Gasteiger partial charge in [-0.05, 0) is 38.3 Å². The Bertz CT molecular complexity index is 521. The third-order valence-electron chi connectivity index (χ3n) is 5.11. The van der Waals surface area contributed by atoms with E-state index in [2.05, 4.69) is 17.9 Å². The predicted molar refractivity (Wildman–Crippen MR) is 83.6 cm³/mol. The van der Waals surface area contributed by atoms with E-state index in [1.165, 1.54) is 5.56 Å². The number of carbonyl (C=O) groups excluding carboxylic acids is 1. The van der Waals surface area contributed by atoms with E-state index < -0.39 is 0 Å². The molecule has 0 aliphatic carbocycles. The van der Waals surface area contributed by atoms with E-state index >= 15 is 0 Å². The highest BCUT2D eigenvalue weighted by Crippen LogP contribution is 2.32. The summed E-state index contributed by atoms with van der Waals surface area (Å²) in [7, 11) is 1.69. The zero-order valence-corrected chi connectivity index (χ0v) is 13.8. The number of hydrogen-bond acceptors (Lipinski definition) is 4. The van der Waals surface area contributed by atoms with Crippen molar-refractivity contribution in [2.24, 2.45) is 0 Å². The van der Waals surface area contributed by atoms with Crippen molar-refractivity contribution in [1.29, 1.82) is 0 Å². The maximum Gasteiger partial charge on any atom is 0.223 e. The van der Waals surface area contributed by atoms with Crippen LogP contribution in [0, 0.1) is 13.8 Å². The summed E-state index contributed by atoms with van der Waals surface area (Å²) in [6, 6.07) is 2.94. The largest absolute Gasteiger partial charge is 0.465 e. The molecule has 0 saturated carbocycles. The summed E-state index contributed by atoms with van der Waals surface area (Å²) in [5.41, 5.74) is 1.21. The number of methoxy groups -OCH3 is 1. The summed E-state index contributed by atoms with van der Waals surface area (Å²) in [4.78, 5) is 16.7. The Kier molecular flexibility index (Phi) is 4.54. The lowest BCUT2D eigenvalue weighted by Crippen LogP contribution is -2.52. The predicted octanol–water partition coefficient (Wildman–Crippen LogP) is 2.11. The Morgan fingerprint density at radius 2 is 2.14 bits per heavy atom. The lowest BCUT2D eigenvalue weighted by atomic mass is 9.96.